The van der Waals surface area contributed by atoms with E-state index in [0.717, 1.165) is 16.9 Å². The number of nitrogens with zero attached hydrogens (tertiary/aromatic N) is 5. The lowest BCUT2D eigenvalue weighted by molar-refractivity contribution is 0.445. The van der Waals surface area contributed by atoms with Crippen molar-refractivity contribution in [2.24, 2.45) is 0 Å². The van der Waals surface area contributed by atoms with Gasteiger partial charge in [-0.15, -0.1) is 10.2 Å². The van der Waals surface area contributed by atoms with Crippen LogP contribution >= 0.6 is 11.8 Å². The molecule has 8 nitrogen and oxygen atoms in total. The average Bonchev–Trinajstić information content (AvgIpc) is 3.41. The number of imidazole rings is 1. The molecule has 0 radical (unpaired) electrons. The minimum Gasteiger partial charge on any atom is -0.411 e. The van der Waals surface area contributed by atoms with Gasteiger partial charge in [-0.25, -0.2) is 13.4 Å². The van der Waals surface area contributed by atoms with Gasteiger partial charge in [0.1, 0.15) is 5.65 Å². The molecule has 0 spiro atoms. The van der Waals surface area contributed by atoms with Crippen molar-refractivity contribution in [2.75, 3.05) is 13.1 Å². The maximum absolute atomic E-state index is 12.8. The molecule has 0 saturated carbocycles. The molecule has 3 heterocycles. The molecule has 4 aromatic rings. The highest BCUT2D eigenvalue weighted by Gasteiger charge is 2.22. The van der Waals surface area contributed by atoms with E-state index in [9.17, 15) is 8.42 Å². The summed E-state index contributed by atoms with van der Waals surface area (Å²) in [5, 5.41) is 8.59. The van der Waals surface area contributed by atoms with E-state index < -0.39 is 10.0 Å². The Labute approximate surface area is 185 Å². The summed E-state index contributed by atoms with van der Waals surface area (Å²) in [6, 6.07) is 10.6. The number of sulfonamides is 1. The highest BCUT2D eigenvalue weighted by atomic mass is 32.2. The molecular formula is C21H23N5O3S2. The van der Waals surface area contributed by atoms with Crippen LogP contribution in [0.25, 0.3) is 17.1 Å². The van der Waals surface area contributed by atoms with Crippen LogP contribution in [0.1, 0.15) is 25.1 Å². The van der Waals surface area contributed by atoms with Crippen molar-refractivity contribution in [3.63, 3.8) is 0 Å². The predicted molar refractivity (Wildman–Crippen MR) is 119 cm³/mol. The van der Waals surface area contributed by atoms with E-state index >= 15 is 0 Å². The number of aromatic nitrogens is 4. The largest absolute Gasteiger partial charge is 0.411 e. The van der Waals surface area contributed by atoms with E-state index in [2.05, 4.69) is 15.2 Å². The Morgan fingerprint density at radius 1 is 1.13 bits per heavy atom. The lowest BCUT2D eigenvalue weighted by Gasteiger charge is -2.18. The molecule has 31 heavy (non-hydrogen) atoms. The minimum absolute atomic E-state index is 0.209. The van der Waals surface area contributed by atoms with Gasteiger partial charge in [-0.1, -0.05) is 37.7 Å². The zero-order chi connectivity index (χ0) is 22.0. The van der Waals surface area contributed by atoms with Gasteiger partial charge in [0.05, 0.1) is 10.6 Å². The van der Waals surface area contributed by atoms with Crippen LogP contribution in [-0.4, -0.2) is 45.4 Å². The van der Waals surface area contributed by atoms with Crippen molar-refractivity contribution >= 4 is 27.4 Å². The van der Waals surface area contributed by atoms with Crippen LogP contribution in [0.2, 0.25) is 0 Å². The number of aryl methyl sites for hydroxylation is 1. The van der Waals surface area contributed by atoms with Crippen molar-refractivity contribution in [1.82, 2.24) is 23.9 Å². The third-order valence-electron chi connectivity index (χ3n) is 4.90. The van der Waals surface area contributed by atoms with Crippen LogP contribution in [0.3, 0.4) is 0 Å². The summed E-state index contributed by atoms with van der Waals surface area (Å²) in [6.07, 6.45) is 3.95. The molecule has 0 aliphatic carbocycles. The zero-order valence-corrected chi connectivity index (χ0v) is 19.2. The van der Waals surface area contributed by atoms with E-state index in [0.29, 0.717) is 29.6 Å². The monoisotopic (exact) mass is 457 g/mol. The molecule has 0 unspecified atom stereocenters. The minimum atomic E-state index is -3.56. The third-order valence-corrected chi connectivity index (χ3v) is 7.80. The second-order valence-electron chi connectivity index (χ2n) is 6.93. The molecule has 1 aromatic carbocycles. The fraction of sp³-hybridized carbons (Fsp3) is 0.286. The lowest BCUT2D eigenvalue weighted by atomic mass is 10.2. The van der Waals surface area contributed by atoms with Gasteiger partial charge in [-0.2, -0.15) is 4.31 Å². The quantitative estimate of drug-likeness (QED) is 0.369. The van der Waals surface area contributed by atoms with Gasteiger partial charge < -0.3 is 8.82 Å². The number of benzene rings is 1. The summed E-state index contributed by atoms with van der Waals surface area (Å²) in [5.41, 5.74) is 3.51. The summed E-state index contributed by atoms with van der Waals surface area (Å²) in [5.74, 6) is 0.865. The maximum Gasteiger partial charge on any atom is 0.277 e. The van der Waals surface area contributed by atoms with Crippen LogP contribution in [0.5, 0.6) is 0 Å². The first kappa shape index (κ1) is 21.5. The van der Waals surface area contributed by atoms with E-state index in [1.54, 1.807) is 24.3 Å². The van der Waals surface area contributed by atoms with Gasteiger partial charge in [0, 0.05) is 36.8 Å². The van der Waals surface area contributed by atoms with Crippen LogP contribution < -0.4 is 0 Å². The van der Waals surface area contributed by atoms with Crippen molar-refractivity contribution in [2.45, 2.75) is 36.6 Å². The second-order valence-corrected chi connectivity index (χ2v) is 9.80. The fourth-order valence-corrected chi connectivity index (χ4v) is 5.45. The fourth-order valence-electron chi connectivity index (χ4n) is 3.30. The highest BCUT2D eigenvalue weighted by Crippen LogP contribution is 2.28. The highest BCUT2D eigenvalue weighted by molar-refractivity contribution is 7.98. The maximum atomic E-state index is 12.8. The van der Waals surface area contributed by atoms with Gasteiger partial charge in [-0.3, -0.25) is 0 Å². The van der Waals surface area contributed by atoms with E-state index in [-0.39, 0.29) is 10.8 Å². The lowest BCUT2D eigenvalue weighted by Crippen LogP contribution is -2.30. The summed E-state index contributed by atoms with van der Waals surface area (Å²) < 4.78 is 34.7. The molecule has 0 saturated heterocycles. The van der Waals surface area contributed by atoms with Crippen LogP contribution in [0.4, 0.5) is 0 Å². The molecule has 0 atom stereocenters. The Balaban J connectivity index is 1.51. The standard InChI is InChI=1S/C21H23N5O3S2/c1-4-26(5-2)31(27,28)18-10-6-9-16(12-18)20-23-24-21(29-20)30-14-17-13-25-11-7-8-15(3)19(25)22-17/h6-13H,4-5,14H2,1-3H3. The topological polar surface area (TPSA) is 93.6 Å². The van der Waals surface area contributed by atoms with Crippen LogP contribution in [0, 0.1) is 6.92 Å². The number of thioether (sulfide) groups is 1. The van der Waals surface area contributed by atoms with Gasteiger partial charge in [0.2, 0.25) is 15.9 Å². The Morgan fingerprint density at radius 3 is 2.68 bits per heavy atom. The first-order chi connectivity index (χ1) is 14.9. The van der Waals surface area contributed by atoms with Gasteiger partial charge in [0.25, 0.3) is 5.22 Å². The number of rotatable bonds is 8. The van der Waals surface area contributed by atoms with E-state index in [4.69, 9.17) is 4.42 Å². The molecule has 0 fully saturated rings. The van der Waals surface area contributed by atoms with Crippen molar-refractivity contribution in [1.29, 1.82) is 0 Å². The number of hydrogen-bond acceptors (Lipinski definition) is 7. The summed E-state index contributed by atoms with van der Waals surface area (Å²) in [4.78, 5) is 4.85. The van der Waals surface area contributed by atoms with Gasteiger partial charge in [0.15, 0.2) is 0 Å². The third kappa shape index (κ3) is 4.36. The Bertz CT molecular complexity index is 1310. The predicted octanol–water partition coefficient (Wildman–Crippen LogP) is 4.02. The molecular weight excluding hydrogens is 434 g/mol. The van der Waals surface area contributed by atoms with Gasteiger partial charge in [-0.05, 0) is 36.8 Å². The van der Waals surface area contributed by atoms with Crippen molar-refractivity contribution in [3.05, 3.63) is 60.0 Å². The van der Waals surface area contributed by atoms with Crippen molar-refractivity contribution in [3.8, 4) is 11.5 Å². The zero-order valence-electron chi connectivity index (χ0n) is 17.5. The normalized spacial score (nSPS) is 12.1. The number of pyridine rings is 1. The molecule has 3 aromatic heterocycles. The Hall–Kier alpha value is -2.69. The molecule has 0 aliphatic rings. The van der Waals surface area contributed by atoms with Crippen molar-refractivity contribution < 1.29 is 12.8 Å². The van der Waals surface area contributed by atoms with Gasteiger partial charge >= 0.3 is 0 Å². The number of fused-ring (bicyclic) bond motifs is 1. The first-order valence-corrected chi connectivity index (χ1v) is 12.3. The van der Waals surface area contributed by atoms with Crippen LogP contribution in [-0.2, 0) is 15.8 Å². The Kier molecular flexibility index (Phi) is 6.12. The molecule has 10 heteroatoms. The average molecular weight is 458 g/mol. The molecule has 162 valence electrons. The van der Waals surface area contributed by atoms with Crippen LogP contribution in [0.15, 0.2) is 63.3 Å². The first-order valence-electron chi connectivity index (χ1n) is 9.92. The molecule has 0 amide bonds. The SMILES string of the molecule is CCN(CC)S(=O)(=O)c1cccc(-c2nnc(SCc3cn4cccc(C)c4n3)o2)c1. The summed E-state index contributed by atoms with van der Waals surface area (Å²) in [7, 11) is -3.56. The van der Waals surface area contributed by atoms with E-state index in [1.165, 1.54) is 16.1 Å². The van der Waals surface area contributed by atoms with E-state index in [1.807, 2.05) is 49.7 Å². The summed E-state index contributed by atoms with van der Waals surface area (Å²) >= 11 is 1.39. The molecule has 0 aliphatic heterocycles. The smallest absolute Gasteiger partial charge is 0.277 e. The summed E-state index contributed by atoms with van der Waals surface area (Å²) in [6.45, 7) is 6.48. The molecule has 4 rings (SSSR count). The Morgan fingerprint density at radius 2 is 1.94 bits per heavy atom. The molecule has 0 N–H and O–H groups in total. The molecule has 0 bridgehead atoms. The second kappa shape index (κ2) is 8.81. The number of hydrogen-bond donors (Lipinski definition) is 0.